The first-order chi connectivity index (χ1) is 18.1. The van der Waals surface area contributed by atoms with Crippen molar-refractivity contribution in [3.05, 3.63) is 58.6 Å². The van der Waals surface area contributed by atoms with E-state index in [1.54, 1.807) is 31.2 Å². The van der Waals surface area contributed by atoms with E-state index >= 15 is 0 Å². The smallest absolute Gasteiger partial charge is 0.417 e. The van der Waals surface area contributed by atoms with Gasteiger partial charge in [0.2, 0.25) is 21.8 Å². The molecule has 0 saturated heterocycles. The maximum Gasteiger partial charge on any atom is 0.417 e. The van der Waals surface area contributed by atoms with Crippen LogP contribution in [0.15, 0.2) is 42.5 Å². The lowest BCUT2D eigenvalue weighted by molar-refractivity contribution is -0.140. The Morgan fingerprint density at radius 3 is 2.31 bits per heavy atom. The molecule has 2 aromatic carbocycles. The number of nitrogens with one attached hydrogen (secondary N) is 1. The van der Waals surface area contributed by atoms with Gasteiger partial charge in [0.25, 0.3) is 0 Å². The van der Waals surface area contributed by atoms with Gasteiger partial charge >= 0.3 is 6.18 Å². The van der Waals surface area contributed by atoms with Crippen LogP contribution < -0.4 is 14.4 Å². The predicted octanol–water partition coefficient (Wildman–Crippen LogP) is 4.86. The lowest BCUT2D eigenvalue weighted by Gasteiger charge is -2.33. The Morgan fingerprint density at radius 2 is 1.77 bits per heavy atom. The number of carbonyl (C=O) groups is 2. The van der Waals surface area contributed by atoms with Crippen molar-refractivity contribution in [2.45, 2.75) is 58.4 Å². The Balaban J connectivity index is 2.54. The molecule has 0 aliphatic carbocycles. The van der Waals surface area contributed by atoms with E-state index in [-0.39, 0.29) is 24.7 Å². The van der Waals surface area contributed by atoms with E-state index < -0.39 is 51.2 Å². The van der Waals surface area contributed by atoms with Crippen molar-refractivity contribution in [1.82, 2.24) is 10.2 Å². The molecule has 0 radical (unpaired) electrons. The summed E-state index contributed by atoms with van der Waals surface area (Å²) in [6, 6.07) is 8.22. The second kappa shape index (κ2) is 13.4. The average Bonchev–Trinajstić information content (AvgIpc) is 2.86. The number of anilines is 1. The second-order valence-corrected chi connectivity index (χ2v) is 11.4. The van der Waals surface area contributed by atoms with E-state index in [0.717, 1.165) is 18.4 Å². The first kappa shape index (κ1) is 32.2. The minimum absolute atomic E-state index is 0.0749. The van der Waals surface area contributed by atoms with Gasteiger partial charge in [-0.15, -0.1) is 0 Å². The van der Waals surface area contributed by atoms with E-state index in [1.165, 1.54) is 12.0 Å². The fraction of sp³-hybridized carbons (Fsp3) is 0.462. The van der Waals surface area contributed by atoms with Crippen LogP contribution in [0.1, 0.15) is 44.7 Å². The summed E-state index contributed by atoms with van der Waals surface area (Å²) in [6.07, 6.45) is -3.22. The summed E-state index contributed by atoms with van der Waals surface area (Å²) in [7, 11) is -2.75. The van der Waals surface area contributed by atoms with Gasteiger partial charge in [-0.05, 0) is 55.7 Å². The number of halogens is 4. The molecule has 216 valence electrons. The third-order valence-corrected chi connectivity index (χ3v) is 7.57. The Morgan fingerprint density at radius 1 is 1.10 bits per heavy atom. The summed E-state index contributed by atoms with van der Waals surface area (Å²) in [4.78, 5) is 28.1. The van der Waals surface area contributed by atoms with Crippen LogP contribution in [0.25, 0.3) is 0 Å². The third-order valence-electron chi connectivity index (χ3n) is 6.10. The number of hydrogen-bond acceptors (Lipinski definition) is 5. The van der Waals surface area contributed by atoms with Gasteiger partial charge in [-0.2, -0.15) is 13.2 Å². The molecule has 0 fully saturated rings. The van der Waals surface area contributed by atoms with E-state index in [4.69, 9.17) is 16.3 Å². The molecule has 0 bridgehead atoms. The highest BCUT2D eigenvalue weighted by molar-refractivity contribution is 7.92. The zero-order valence-electron chi connectivity index (χ0n) is 22.4. The SMILES string of the molecule is CCC(C)NC(=O)C(CC)N(Cc1cccc(OC)c1)C(=O)CN(c1ccc(Cl)c(C(F)(F)F)c1)S(C)(=O)=O. The highest BCUT2D eigenvalue weighted by Gasteiger charge is 2.36. The largest absolute Gasteiger partial charge is 0.497 e. The Kier molecular flexibility index (Phi) is 11.1. The molecule has 13 heteroatoms. The zero-order valence-corrected chi connectivity index (χ0v) is 24.0. The van der Waals surface area contributed by atoms with E-state index in [2.05, 4.69) is 5.32 Å². The van der Waals surface area contributed by atoms with Gasteiger partial charge in [0, 0.05) is 12.6 Å². The molecule has 2 atom stereocenters. The summed E-state index contributed by atoms with van der Waals surface area (Å²) >= 11 is 5.70. The second-order valence-electron chi connectivity index (χ2n) is 9.05. The summed E-state index contributed by atoms with van der Waals surface area (Å²) in [5.74, 6) is -0.701. The molecule has 8 nitrogen and oxygen atoms in total. The number of methoxy groups -OCH3 is 1. The van der Waals surface area contributed by atoms with Crippen molar-refractivity contribution >= 4 is 39.1 Å². The summed E-state index contributed by atoms with van der Waals surface area (Å²) < 4.78 is 71.6. The quantitative estimate of drug-likeness (QED) is 0.380. The number of nitrogens with zero attached hydrogens (tertiary/aromatic N) is 2. The fourth-order valence-corrected chi connectivity index (χ4v) is 4.89. The standard InChI is InChI=1S/C26H33ClF3N3O5S/c1-6-17(3)31-25(35)23(7-2)32(15-18-9-8-10-20(13-18)38-4)24(34)16-33(39(5,36)37)19-11-12-22(27)21(14-19)26(28,29)30/h8-14,17,23H,6-7,15-16H2,1-5H3,(H,31,35). The van der Waals surface area contributed by atoms with Crippen molar-refractivity contribution < 1.29 is 35.9 Å². The first-order valence-electron chi connectivity index (χ1n) is 12.2. The van der Waals surface area contributed by atoms with Crippen LogP contribution >= 0.6 is 11.6 Å². The lowest BCUT2D eigenvalue weighted by Crippen LogP contribution is -2.53. The molecule has 2 aromatic rings. The molecule has 0 aliphatic heterocycles. The Hall–Kier alpha value is -2.99. The number of carbonyl (C=O) groups excluding carboxylic acids is 2. The Bertz CT molecular complexity index is 1270. The van der Waals surface area contributed by atoms with Gasteiger partial charge in [0.05, 0.1) is 29.6 Å². The number of hydrogen-bond donors (Lipinski definition) is 1. The van der Waals surface area contributed by atoms with Gasteiger partial charge < -0.3 is 15.0 Å². The highest BCUT2D eigenvalue weighted by Crippen LogP contribution is 2.37. The number of rotatable bonds is 12. The molecule has 1 N–H and O–H groups in total. The maximum atomic E-state index is 13.7. The molecular formula is C26H33ClF3N3O5S. The minimum Gasteiger partial charge on any atom is -0.497 e. The van der Waals surface area contributed by atoms with Crippen LogP contribution in [0.3, 0.4) is 0 Å². The van der Waals surface area contributed by atoms with Crippen molar-refractivity contribution in [2.24, 2.45) is 0 Å². The Labute approximate surface area is 232 Å². The number of benzene rings is 2. The molecule has 2 rings (SSSR count). The lowest BCUT2D eigenvalue weighted by atomic mass is 10.1. The van der Waals surface area contributed by atoms with E-state index in [9.17, 15) is 31.2 Å². The van der Waals surface area contributed by atoms with Crippen LogP contribution in [-0.4, -0.2) is 57.1 Å². The topological polar surface area (TPSA) is 96.0 Å². The van der Waals surface area contributed by atoms with Crippen LogP contribution in [-0.2, 0) is 32.3 Å². The predicted molar refractivity (Wildman–Crippen MR) is 144 cm³/mol. The molecule has 0 spiro atoms. The summed E-state index contributed by atoms with van der Waals surface area (Å²) in [5.41, 5.74) is -1.02. The fourth-order valence-electron chi connectivity index (χ4n) is 3.83. The van der Waals surface area contributed by atoms with Gasteiger partial charge in [0.1, 0.15) is 18.3 Å². The van der Waals surface area contributed by atoms with Crippen LogP contribution in [0, 0.1) is 0 Å². The van der Waals surface area contributed by atoms with Crippen LogP contribution in [0.5, 0.6) is 5.75 Å². The van der Waals surface area contributed by atoms with Crippen molar-refractivity contribution in [1.29, 1.82) is 0 Å². The average molecular weight is 592 g/mol. The van der Waals surface area contributed by atoms with Crippen molar-refractivity contribution in [3.63, 3.8) is 0 Å². The molecular weight excluding hydrogens is 559 g/mol. The minimum atomic E-state index is -4.85. The first-order valence-corrected chi connectivity index (χ1v) is 14.4. The van der Waals surface area contributed by atoms with Crippen molar-refractivity contribution in [2.75, 3.05) is 24.2 Å². The van der Waals surface area contributed by atoms with Gasteiger partial charge in [-0.1, -0.05) is 37.6 Å². The van der Waals surface area contributed by atoms with Crippen LogP contribution in [0.4, 0.5) is 18.9 Å². The molecule has 0 heterocycles. The zero-order chi connectivity index (χ0) is 29.5. The molecule has 0 aromatic heterocycles. The van der Waals surface area contributed by atoms with Gasteiger partial charge in [0.15, 0.2) is 0 Å². The van der Waals surface area contributed by atoms with E-state index in [0.29, 0.717) is 28.1 Å². The molecule has 39 heavy (non-hydrogen) atoms. The monoisotopic (exact) mass is 591 g/mol. The van der Waals surface area contributed by atoms with Gasteiger partial charge in [-0.25, -0.2) is 8.42 Å². The summed E-state index contributed by atoms with van der Waals surface area (Å²) in [5, 5.41) is 2.23. The molecule has 0 saturated carbocycles. The number of ether oxygens (including phenoxy) is 1. The number of sulfonamides is 1. The molecule has 2 unspecified atom stereocenters. The van der Waals surface area contributed by atoms with Crippen molar-refractivity contribution in [3.8, 4) is 5.75 Å². The van der Waals surface area contributed by atoms with Gasteiger partial charge in [-0.3, -0.25) is 13.9 Å². The van der Waals surface area contributed by atoms with E-state index in [1.807, 2.05) is 13.8 Å². The number of alkyl halides is 3. The third kappa shape index (κ3) is 8.76. The summed E-state index contributed by atoms with van der Waals surface area (Å²) in [6.45, 7) is 4.48. The normalized spacial score (nSPS) is 13.4. The maximum absolute atomic E-state index is 13.7. The van der Waals surface area contributed by atoms with Crippen LogP contribution in [0.2, 0.25) is 5.02 Å². The molecule has 0 aliphatic rings. The highest BCUT2D eigenvalue weighted by atomic mass is 35.5. The number of amides is 2. The molecule has 2 amide bonds.